The summed E-state index contributed by atoms with van der Waals surface area (Å²) in [5, 5.41) is 4.19. The molecule has 3 heteroatoms. The zero-order valence-electron chi connectivity index (χ0n) is 9.78. The molecule has 1 aliphatic carbocycles. The highest BCUT2D eigenvalue weighted by atomic mass is 16.1. The second-order valence-corrected chi connectivity index (χ2v) is 4.24. The Morgan fingerprint density at radius 3 is 3.06 bits per heavy atom. The molecule has 0 unspecified atom stereocenters. The van der Waals surface area contributed by atoms with Crippen LogP contribution >= 0.6 is 0 Å². The zero-order valence-corrected chi connectivity index (χ0v) is 9.78. The number of Topliss-reactive ketones (excluding diaryl/α,β-unsaturated/α-hetero) is 1. The number of aryl methyl sites for hydroxylation is 1. The van der Waals surface area contributed by atoms with Crippen LogP contribution in [-0.2, 0) is 6.54 Å². The third kappa shape index (κ3) is 2.23. The zero-order chi connectivity index (χ0) is 11.4. The Morgan fingerprint density at radius 1 is 1.50 bits per heavy atom. The Hall–Kier alpha value is -1.38. The second-order valence-electron chi connectivity index (χ2n) is 4.24. The largest absolute Gasteiger partial charge is 0.287 e. The Morgan fingerprint density at radius 2 is 2.38 bits per heavy atom. The van der Waals surface area contributed by atoms with Gasteiger partial charge in [0.25, 0.3) is 0 Å². The lowest BCUT2D eigenvalue weighted by molar-refractivity contribution is 0.101. The van der Waals surface area contributed by atoms with E-state index in [-0.39, 0.29) is 5.78 Å². The first-order chi connectivity index (χ1) is 7.83. The summed E-state index contributed by atoms with van der Waals surface area (Å²) in [7, 11) is 0. The average Bonchev–Trinajstić information content (AvgIpc) is 2.78. The van der Waals surface area contributed by atoms with Crippen molar-refractivity contribution in [3.8, 4) is 0 Å². The van der Waals surface area contributed by atoms with Gasteiger partial charge in [0.15, 0.2) is 0 Å². The molecule has 2 rings (SSSR count). The van der Waals surface area contributed by atoms with Crippen LogP contribution < -0.4 is 0 Å². The highest BCUT2D eigenvalue weighted by molar-refractivity contribution is 6.07. The molecule has 1 aromatic rings. The van der Waals surface area contributed by atoms with E-state index < -0.39 is 0 Å². The van der Waals surface area contributed by atoms with Gasteiger partial charge in [0, 0.05) is 12.7 Å². The fraction of sp³-hybridized carbons (Fsp3) is 0.538. The van der Waals surface area contributed by atoms with Crippen LogP contribution in [0.25, 0.3) is 0 Å². The van der Waals surface area contributed by atoms with Crippen molar-refractivity contribution in [3.05, 3.63) is 29.6 Å². The van der Waals surface area contributed by atoms with Gasteiger partial charge in [-0.2, -0.15) is 5.10 Å². The van der Waals surface area contributed by atoms with Crippen molar-refractivity contribution in [2.75, 3.05) is 0 Å². The fourth-order valence-corrected chi connectivity index (χ4v) is 2.12. The highest BCUT2D eigenvalue weighted by Crippen LogP contribution is 2.21. The van der Waals surface area contributed by atoms with E-state index in [0.717, 1.165) is 43.5 Å². The van der Waals surface area contributed by atoms with Gasteiger partial charge in [0.1, 0.15) is 5.69 Å². The van der Waals surface area contributed by atoms with Crippen LogP contribution in [0.5, 0.6) is 0 Å². The van der Waals surface area contributed by atoms with Gasteiger partial charge in [0.2, 0.25) is 5.78 Å². The summed E-state index contributed by atoms with van der Waals surface area (Å²) in [5.74, 6) is 0.172. The Balaban J connectivity index is 2.19. The minimum atomic E-state index is 0.172. The van der Waals surface area contributed by atoms with Gasteiger partial charge in [-0.05, 0) is 43.7 Å². The SMILES string of the molecule is CCCn1nccc1C(=O)C1=CCCCC1. The van der Waals surface area contributed by atoms with Gasteiger partial charge in [-0.15, -0.1) is 0 Å². The third-order valence-electron chi connectivity index (χ3n) is 2.97. The summed E-state index contributed by atoms with van der Waals surface area (Å²) in [6.45, 7) is 2.91. The Labute approximate surface area is 96.2 Å². The van der Waals surface area contributed by atoms with E-state index in [1.54, 1.807) is 6.20 Å². The van der Waals surface area contributed by atoms with Crippen molar-refractivity contribution in [3.63, 3.8) is 0 Å². The van der Waals surface area contributed by atoms with E-state index in [9.17, 15) is 4.79 Å². The summed E-state index contributed by atoms with van der Waals surface area (Å²) in [5.41, 5.74) is 1.72. The standard InChI is InChI=1S/C13H18N2O/c1-2-10-15-12(8-9-14-15)13(16)11-6-4-3-5-7-11/h6,8-9H,2-5,7,10H2,1H3. The van der Waals surface area contributed by atoms with E-state index >= 15 is 0 Å². The van der Waals surface area contributed by atoms with Gasteiger partial charge in [-0.3, -0.25) is 9.48 Å². The van der Waals surface area contributed by atoms with Crippen molar-refractivity contribution in [1.29, 1.82) is 0 Å². The molecular weight excluding hydrogens is 200 g/mol. The summed E-state index contributed by atoms with van der Waals surface area (Å²) in [6.07, 6.45) is 9.13. The highest BCUT2D eigenvalue weighted by Gasteiger charge is 2.17. The smallest absolute Gasteiger partial charge is 0.206 e. The lowest BCUT2D eigenvalue weighted by atomic mass is 9.95. The molecule has 1 heterocycles. The van der Waals surface area contributed by atoms with E-state index in [2.05, 4.69) is 18.1 Å². The van der Waals surface area contributed by atoms with Crippen LogP contribution in [0.4, 0.5) is 0 Å². The van der Waals surface area contributed by atoms with Crippen LogP contribution in [0.15, 0.2) is 23.9 Å². The van der Waals surface area contributed by atoms with Crippen LogP contribution in [0.2, 0.25) is 0 Å². The average molecular weight is 218 g/mol. The number of aromatic nitrogens is 2. The van der Waals surface area contributed by atoms with Gasteiger partial charge in [0.05, 0.1) is 0 Å². The number of hydrogen-bond acceptors (Lipinski definition) is 2. The maximum absolute atomic E-state index is 12.2. The molecule has 0 fully saturated rings. The minimum absolute atomic E-state index is 0.172. The number of allylic oxidation sites excluding steroid dienone is 2. The second kappa shape index (κ2) is 5.10. The lowest BCUT2D eigenvalue weighted by Crippen LogP contribution is -2.13. The predicted octanol–water partition coefficient (Wildman–Crippen LogP) is 2.98. The van der Waals surface area contributed by atoms with E-state index in [1.807, 2.05) is 10.7 Å². The maximum Gasteiger partial charge on any atom is 0.206 e. The molecule has 0 N–H and O–H groups in total. The molecule has 3 nitrogen and oxygen atoms in total. The van der Waals surface area contributed by atoms with Crippen LogP contribution in [0.1, 0.15) is 49.5 Å². The topological polar surface area (TPSA) is 34.9 Å². The first-order valence-electron chi connectivity index (χ1n) is 6.08. The molecule has 0 radical (unpaired) electrons. The predicted molar refractivity (Wildman–Crippen MR) is 63.4 cm³/mol. The molecule has 0 aliphatic heterocycles. The number of carbonyl (C=O) groups excluding carboxylic acids is 1. The van der Waals surface area contributed by atoms with Crippen molar-refractivity contribution in [1.82, 2.24) is 9.78 Å². The van der Waals surface area contributed by atoms with Crippen molar-refractivity contribution < 1.29 is 4.79 Å². The lowest BCUT2D eigenvalue weighted by Gasteiger charge is -2.12. The number of nitrogens with zero attached hydrogens (tertiary/aromatic N) is 2. The summed E-state index contributed by atoms with van der Waals surface area (Å²) >= 11 is 0. The third-order valence-corrected chi connectivity index (χ3v) is 2.97. The molecule has 0 amide bonds. The fourth-order valence-electron chi connectivity index (χ4n) is 2.12. The number of carbonyl (C=O) groups is 1. The monoisotopic (exact) mass is 218 g/mol. The van der Waals surface area contributed by atoms with Crippen molar-refractivity contribution in [2.45, 2.75) is 45.6 Å². The maximum atomic E-state index is 12.2. The van der Waals surface area contributed by atoms with Gasteiger partial charge < -0.3 is 0 Å². The quantitative estimate of drug-likeness (QED) is 0.728. The number of ketones is 1. The van der Waals surface area contributed by atoms with Crippen molar-refractivity contribution >= 4 is 5.78 Å². The first-order valence-corrected chi connectivity index (χ1v) is 6.08. The van der Waals surface area contributed by atoms with E-state index in [1.165, 1.54) is 6.42 Å². The first kappa shape index (κ1) is 11.1. The van der Waals surface area contributed by atoms with Gasteiger partial charge in [-0.1, -0.05) is 13.0 Å². The van der Waals surface area contributed by atoms with Gasteiger partial charge in [-0.25, -0.2) is 0 Å². The molecule has 0 saturated heterocycles. The molecule has 86 valence electrons. The molecule has 1 aliphatic rings. The van der Waals surface area contributed by atoms with E-state index in [4.69, 9.17) is 0 Å². The minimum Gasteiger partial charge on any atom is -0.287 e. The van der Waals surface area contributed by atoms with E-state index in [0.29, 0.717) is 0 Å². The number of hydrogen-bond donors (Lipinski definition) is 0. The molecule has 0 saturated carbocycles. The molecule has 0 aromatic carbocycles. The van der Waals surface area contributed by atoms with Gasteiger partial charge >= 0.3 is 0 Å². The van der Waals surface area contributed by atoms with Crippen LogP contribution in [0.3, 0.4) is 0 Å². The summed E-state index contributed by atoms with van der Waals surface area (Å²) in [6, 6.07) is 1.83. The van der Waals surface area contributed by atoms with Crippen LogP contribution in [0, 0.1) is 0 Å². The molecule has 0 spiro atoms. The molecule has 0 bridgehead atoms. The van der Waals surface area contributed by atoms with Crippen molar-refractivity contribution in [2.24, 2.45) is 0 Å². The molecule has 1 aromatic heterocycles. The summed E-state index contributed by atoms with van der Waals surface area (Å²) < 4.78 is 1.82. The Bertz CT molecular complexity index is 404. The Kier molecular flexibility index (Phi) is 3.54. The summed E-state index contributed by atoms with van der Waals surface area (Å²) in [4.78, 5) is 12.2. The van der Waals surface area contributed by atoms with Crippen LogP contribution in [-0.4, -0.2) is 15.6 Å². The normalized spacial score (nSPS) is 15.9. The molecule has 0 atom stereocenters. The molecule has 16 heavy (non-hydrogen) atoms. The molecular formula is C13H18N2O. The number of rotatable bonds is 4.